The number of rotatable bonds is 3. The Morgan fingerprint density at radius 3 is 1.23 bits per heavy atom. The maximum atomic E-state index is 5.36. The fourth-order valence-electron chi connectivity index (χ4n) is 2.54. The van der Waals surface area contributed by atoms with E-state index in [0.29, 0.717) is 0 Å². The summed E-state index contributed by atoms with van der Waals surface area (Å²) in [7, 11) is 0. The maximum absolute atomic E-state index is 5.36. The van der Waals surface area contributed by atoms with Crippen molar-refractivity contribution in [2.75, 3.05) is 18.9 Å². The topological polar surface area (TPSA) is 35.2 Å². The van der Waals surface area contributed by atoms with Crippen LogP contribution in [0.5, 0.6) is 0 Å². The van der Waals surface area contributed by atoms with Crippen LogP contribution in [0.25, 0.3) is 0 Å². The molecule has 0 atom stereocenters. The summed E-state index contributed by atoms with van der Waals surface area (Å²) in [5, 5.41) is 0. The molecular weight excluding hydrogens is 318 g/mol. The number of nitrogen functional groups attached to an aromatic ring is 1. The highest BCUT2D eigenvalue weighted by atomic mass is 16.5. The van der Waals surface area contributed by atoms with Gasteiger partial charge in [0.2, 0.25) is 0 Å². The van der Waals surface area contributed by atoms with Gasteiger partial charge in [0.05, 0.1) is 0 Å². The van der Waals surface area contributed by atoms with Crippen molar-refractivity contribution in [1.29, 1.82) is 0 Å². The fraction of sp³-hybridized carbons (Fsp3) is 0.250. The molecule has 0 spiro atoms. The van der Waals surface area contributed by atoms with E-state index in [4.69, 9.17) is 10.5 Å². The maximum Gasteiger partial charge on any atom is 0.0466 e. The molecule has 2 N–H and O–H groups in total. The quantitative estimate of drug-likeness (QED) is 0.632. The lowest BCUT2D eigenvalue weighted by atomic mass is 10.0. The molecule has 0 radical (unpaired) electrons. The van der Waals surface area contributed by atoms with Gasteiger partial charge in [0.1, 0.15) is 0 Å². The second-order valence-electron chi connectivity index (χ2n) is 6.20. The van der Waals surface area contributed by atoms with E-state index in [-0.39, 0.29) is 0 Å². The zero-order chi connectivity index (χ0) is 18.3. The molecule has 1 fully saturated rings. The third-order valence-corrected chi connectivity index (χ3v) is 4.01. The first-order valence-electron chi connectivity index (χ1n) is 9.31. The average molecular weight is 348 g/mol. The van der Waals surface area contributed by atoms with Gasteiger partial charge >= 0.3 is 0 Å². The van der Waals surface area contributed by atoms with E-state index in [1.807, 2.05) is 30.3 Å². The van der Waals surface area contributed by atoms with Crippen LogP contribution in [0.4, 0.5) is 5.69 Å². The second kappa shape index (κ2) is 12.7. The molecule has 1 aliphatic heterocycles. The van der Waals surface area contributed by atoms with Crippen LogP contribution in [0.2, 0.25) is 0 Å². The van der Waals surface area contributed by atoms with Crippen LogP contribution in [0.3, 0.4) is 0 Å². The normalized spacial score (nSPS) is 12.3. The van der Waals surface area contributed by atoms with Crippen LogP contribution in [-0.2, 0) is 17.6 Å². The predicted molar refractivity (Wildman–Crippen MR) is 111 cm³/mol. The molecule has 136 valence electrons. The Kier molecular flexibility index (Phi) is 9.67. The van der Waals surface area contributed by atoms with Crippen LogP contribution < -0.4 is 5.73 Å². The summed E-state index contributed by atoms with van der Waals surface area (Å²) < 4.78 is 4.94. The van der Waals surface area contributed by atoms with Crippen LogP contribution in [0, 0.1) is 0 Å². The largest absolute Gasteiger partial charge is 0.399 e. The van der Waals surface area contributed by atoms with E-state index in [0.717, 1.165) is 31.7 Å². The molecule has 0 aliphatic carbocycles. The van der Waals surface area contributed by atoms with Gasteiger partial charge in [-0.2, -0.15) is 0 Å². The summed E-state index contributed by atoms with van der Waals surface area (Å²) >= 11 is 0. The number of hydrogen-bond acceptors (Lipinski definition) is 2. The van der Waals surface area contributed by atoms with Crippen molar-refractivity contribution in [3.63, 3.8) is 0 Å². The highest BCUT2D eigenvalue weighted by Crippen LogP contribution is 2.06. The molecule has 2 nitrogen and oxygen atoms in total. The molecule has 0 aromatic heterocycles. The Labute approximate surface area is 157 Å². The van der Waals surface area contributed by atoms with Gasteiger partial charge in [0.15, 0.2) is 0 Å². The molecule has 0 bridgehead atoms. The lowest BCUT2D eigenvalue weighted by Crippen LogP contribution is -1.89. The summed E-state index contributed by atoms with van der Waals surface area (Å²) in [5.74, 6) is 0. The van der Waals surface area contributed by atoms with Crippen molar-refractivity contribution < 1.29 is 4.74 Å². The number of aryl methyl sites for hydroxylation is 2. The molecular formula is C24H29NO. The molecule has 4 rings (SSSR count). The smallest absolute Gasteiger partial charge is 0.0466 e. The number of hydrogen-bond donors (Lipinski definition) is 1. The first kappa shape index (κ1) is 19.7. The third kappa shape index (κ3) is 9.05. The summed E-state index contributed by atoms with van der Waals surface area (Å²) in [6.45, 7) is 2.00. The SMILES string of the molecule is C1CCOC1.Nc1ccccc1.c1ccc(CCc2ccccc2)cc1. The predicted octanol–water partition coefficient (Wildman–Crippen LogP) is 5.54. The summed E-state index contributed by atoms with van der Waals surface area (Å²) in [6, 6.07) is 30.7. The number of para-hydroxylation sites is 1. The number of benzene rings is 3. The molecule has 1 saturated heterocycles. The van der Waals surface area contributed by atoms with Crippen LogP contribution in [0.1, 0.15) is 24.0 Å². The average Bonchev–Trinajstić information content (AvgIpc) is 3.29. The molecule has 0 unspecified atom stereocenters. The molecule has 2 heteroatoms. The molecule has 1 aliphatic rings. The van der Waals surface area contributed by atoms with Crippen LogP contribution in [-0.4, -0.2) is 13.2 Å². The molecule has 3 aromatic rings. The monoisotopic (exact) mass is 347 g/mol. The first-order valence-corrected chi connectivity index (χ1v) is 9.31. The van der Waals surface area contributed by atoms with E-state index < -0.39 is 0 Å². The standard InChI is InChI=1S/C14H14.C6H7N.C4H8O/c1-3-7-13(8-4-1)11-12-14-9-5-2-6-10-14;7-6-4-2-1-3-5-6;1-2-4-5-3-1/h1-10H,11-12H2;1-5H,7H2;1-4H2. The zero-order valence-corrected chi connectivity index (χ0v) is 15.4. The highest BCUT2D eigenvalue weighted by Gasteiger charge is 1.95. The summed E-state index contributed by atoms with van der Waals surface area (Å²) in [4.78, 5) is 0. The molecule has 1 heterocycles. The van der Waals surface area contributed by atoms with Gasteiger partial charge in [-0.15, -0.1) is 0 Å². The third-order valence-electron chi connectivity index (χ3n) is 4.01. The number of anilines is 1. The van der Waals surface area contributed by atoms with Crippen molar-refractivity contribution >= 4 is 5.69 Å². The van der Waals surface area contributed by atoms with Crippen LogP contribution in [0.15, 0.2) is 91.0 Å². The Morgan fingerprint density at radius 2 is 0.962 bits per heavy atom. The minimum atomic E-state index is 0.822. The van der Waals surface area contributed by atoms with E-state index in [2.05, 4.69) is 60.7 Å². The van der Waals surface area contributed by atoms with Gasteiger partial charge in [0, 0.05) is 18.9 Å². The lowest BCUT2D eigenvalue weighted by molar-refractivity contribution is 0.198. The van der Waals surface area contributed by atoms with Gasteiger partial charge in [-0.25, -0.2) is 0 Å². The Balaban J connectivity index is 0.000000167. The Morgan fingerprint density at radius 1 is 0.577 bits per heavy atom. The summed E-state index contributed by atoms with van der Waals surface area (Å²) in [6.07, 6.45) is 4.82. The van der Waals surface area contributed by atoms with Gasteiger partial charge in [0.25, 0.3) is 0 Å². The first-order chi connectivity index (χ1) is 12.8. The number of nitrogens with two attached hydrogens (primary N) is 1. The van der Waals surface area contributed by atoms with E-state index in [1.165, 1.54) is 24.0 Å². The van der Waals surface area contributed by atoms with Crippen molar-refractivity contribution in [3.05, 3.63) is 102 Å². The highest BCUT2D eigenvalue weighted by molar-refractivity contribution is 5.35. The Hall–Kier alpha value is -2.58. The Bertz CT molecular complexity index is 632. The zero-order valence-electron chi connectivity index (χ0n) is 15.4. The van der Waals surface area contributed by atoms with Crippen molar-refractivity contribution in [2.24, 2.45) is 0 Å². The van der Waals surface area contributed by atoms with Crippen molar-refractivity contribution in [3.8, 4) is 0 Å². The van der Waals surface area contributed by atoms with Crippen molar-refractivity contribution in [2.45, 2.75) is 25.7 Å². The fourth-order valence-corrected chi connectivity index (χ4v) is 2.54. The van der Waals surface area contributed by atoms with Gasteiger partial charge in [-0.05, 0) is 48.9 Å². The van der Waals surface area contributed by atoms with Gasteiger partial charge in [-0.1, -0.05) is 78.9 Å². The molecule has 0 saturated carbocycles. The molecule has 26 heavy (non-hydrogen) atoms. The lowest BCUT2D eigenvalue weighted by Gasteiger charge is -2.01. The van der Waals surface area contributed by atoms with Crippen LogP contribution >= 0.6 is 0 Å². The summed E-state index contributed by atoms with van der Waals surface area (Å²) in [5.41, 5.74) is 9.01. The number of ether oxygens (including phenoxy) is 1. The minimum absolute atomic E-state index is 0.822. The van der Waals surface area contributed by atoms with E-state index >= 15 is 0 Å². The second-order valence-corrected chi connectivity index (χ2v) is 6.20. The minimum Gasteiger partial charge on any atom is -0.399 e. The van der Waals surface area contributed by atoms with E-state index in [1.54, 1.807) is 0 Å². The van der Waals surface area contributed by atoms with Gasteiger partial charge < -0.3 is 10.5 Å². The molecule has 0 amide bonds. The van der Waals surface area contributed by atoms with Gasteiger partial charge in [-0.3, -0.25) is 0 Å². The van der Waals surface area contributed by atoms with E-state index in [9.17, 15) is 0 Å². The molecule has 3 aromatic carbocycles. The van der Waals surface area contributed by atoms with Crippen molar-refractivity contribution in [1.82, 2.24) is 0 Å².